The van der Waals surface area contributed by atoms with E-state index in [2.05, 4.69) is 21.2 Å². The molecular formula is C14H21BrF3NO. The average molecular weight is 356 g/mol. The van der Waals surface area contributed by atoms with E-state index < -0.39 is 12.1 Å². The van der Waals surface area contributed by atoms with Crippen molar-refractivity contribution >= 4 is 21.8 Å². The summed E-state index contributed by atoms with van der Waals surface area (Å²) in [4.78, 5) is 12.2. The number of nitrogens with one attached hydrogen (secondary N) is 1. The molecule has 2 saturated carbocycles. The highest BCUT2D eigenvalue weighted by atomic mass is 79.9. The smallest absolute Gasteiger partial charge is 0.353 e. The lowest BCUT2D eigenvalue weighted by Gasteiger charge is -2.30. The van der Waals surface area contributed by atoms with E-state index in [1.54, 1.807) is 0 Å². The van der Waals surface area contributed by atoms with Gasteiger partial charge in [-0.1, -0.05) is 22.4 Å². The number of amides is 1. The molecule has 0 bridgehead atoms. The SMILES string of the molecule is O=C(NC1CCCC1CBr)C1CCC(C(F)(F)F)CC1. The first-order valence-corrected chi connectivity index (χ1v) is 8.47. The van der Waals surface area contributed by atoms with Crippen LogP contribution >= 0.6 is 15.9 Å². The van der Waals surface area contributed by atoms with Crippen LogP contribution in [0.4, 0.5) is 13.2 Å². The van der Waals surface area contributed by atoms with Gasteiger partial charge in [-0.15, -0.1) is 0 Å². The van der Waals surface area contributed by atoms with Crippen LogP contribution in [-0.4, -0.2) is 23.5 Å². The Bertz CT molecular complexity index is 340. The van der Waals surface area contributed by atoms with Crippen molar-refractivity contribution in [2.45, 2.75) is 57.2 Å². The summed E-state index contributed by atoms with van der Waals surface area (Å²) in [6.07, 6.45) is 0.0125. The molecule has 0 heterocycles. The van der Waals surface area contributed by atoms with Crippen LogP contribution in [0, 0.1) is 17.8 Å². The zero-order valence-electron chi connectivity index (χ0n) is 11.4. The fourth-order valence-electron chi connectivity index (χ4n) is 3.40. The zero-order valence-corrected chi connectivity index (χ0v) is 13.0. The topological polar surface area (TPSA) is 29.1 Å². The number of carbonyl (C=O) groups excluding carboxylic acids is 1. The minimum Gasteiger partial charge on any atom is -0.353 e. The quantitative estimate of drug-likeness (QED) is 0.760. The molecule has 2 nitrogen and oxygen atoms in total. The summed E-state index contributed by atoms with van der Waals surface area (Å²) in [5.41, 5.74) is 0. The molecule has 0 spiro atoms. The molecule has 2 aliphatic rings. The molecule has 0 saturated heterocycles. The molecule has 0 radical (unpaired) electrons. The van der Waals surface area contributed by atoms with Gasteiger partial charge in [-0.3, -0.25) is 4.79 Å². The molecule has 2 rings (SSSR count). The molecular weight excluding hydrogens is 335 g/mol. The monoisotopic (exact) mass is 355 g/mol. The van der Waals surface area contributed by atoms with Crippen LogP contribution in [0.15, 0.2) is 0 Å². The van der Waals surface area contributed by atoms with Crippen molar-refractivity contribution < 1.29 is 18.0 Å². The molecule has 2 unspecified atom stereocenters. The predicted octanol–water partition coefficient (Wildman–Crippen LogP) is 4.03. The van der Waals surface area contributed by atoms with Crippen LogP contribution in [0.2, 0.25) is 0 Å². The van der Waals surface area contributed by atoms with Crippen molar-refractivity contribution in [2.24, 2.45) is 17.8 Å². The maximum absolute atomic E-state index is 12.6. The second-order valence-corrected chi connectivity index (χ2v) is 6.70. The van der Waals surface area contributed by atoms with Gasteiger partial charge in [0.15, 0.2) is 0 Å². The fraction of sp³-hybridized carbons (Fsp3) is 0.929. The molecule has 1 N–H and O–H groups in total. The highest BCUT2D eigenvalue weighted by Crippen LogP contribution is 2.39. The van der Waals surface area contributed by atoms with E-state index in [0.717, 1.165) is 24.6 Å². The van der Waals surface area contributed by atoms with E-state index in [1.807, 2.05) is 0 Å². The van der Waals surface area contributed by atoms with Gasteiger partial charge < -0.3 is 5.32 Å². The molecule has 1 amide bonds. The molecule has 116 valence electrons. The van der Waals surface area contributed by atoms with Crippen LogP contribution in [0.25, 0.3) is 0 Å². The summed E-state index contributed by atoms with van der Waals surface area (Å²) >= 11 is 3.46. The molecule has 2 atom stereocenters. The predicted molar refractivity (Wildman–Crippen MR) is 74.6 cm³/mol. The van der Waals surface area contributed by atoms with Gasteiger partial charge in [0.25, 0.3) is 0 Å². The van der Waals surface area contributed by atoms with Gasteiger partial charge in [0, 0.05) is 17.3 Å². The number of hydrogen-bond acceptors (Lipinski definition) is 1. The van der Waals surface area contributed by atoms with Crippen molar-refractivity contribution in [1.82, 2.24) is 5.32 Å². The lowest BCUT2D eigenvalue weighted by molar-refractivity contribution is -0.184. The van der Waals surface area contributed by atoms with Crippen LogP contribution < -0.4 is 5.32 Å². The standard InChI is InChI=1S/C14H21BrF3NO/c15-8-10-2-1-3-12(10)19-13(20)9-4-6-11(7-5-9)14(16,17)18/h9-12H,1-8H2,(H,19,20). The van der Waals surface area contributed by atoms with Crippen molar-refractivity contribution in [1.29, 1.82) is 0 Å². The Hall–Kier alpha value is -0.260. The third kappa shape index (κ3) is 3.89. The van der Waals surface area contributed by atoms with Gasteiger partial charge in [-0.2, -0.15) is 13.2 Å². The molecule has 0 aromatic rings. The summed E-state index contributed by atoms with van der Waals surface area (Å²) in [7, 11) is 0. The minimum absolute atomic E-state index is 0.0384. The molecule has 20 heavy (non-hydrogen) atoms. The van der Waals surface area contributed by atoms with Crippen LogP contribution in [0.5, 0.6) is 0 Å². The Morgan fingerprint density at radius 3 is 2.30 bits per heavy atom. The van der Waals surface area contributed by atoms with E-state index in [4.69, 9.17) is 0 Å². The summed E-state index contributed by atoms with van der Waals surface area (Å²) in [5.74, 6) is -1.02. The molecule has 0 aromatic heterocycles. The van der Waals surface area contributed by atoms with Gasteiger partial charge in [0.05, 0.1) is 5.92 Å². The number of rotatable bonds is 3. The largest absolute Gasteiger partial charge is 0.391 e. The third-order valence-electron chi connectivity index (χ3n) is 4.75. The molecule has 6 heteroatoms. The van der Waals surface area contributed by atoms with Crippen LogP contribution in [-0.2, 0) is 4.79 Å². The van der Waals surface area contributed by atoms with Crippen molar-refractivity contribution in [3.63, 3.8) is 0 Å². The fourth-order valence-corrected chi connectivity index (χ4v) is 4.17. The van der Waals surface area contributed by atoms with Gasteiger partial charge in [-0.05, 0) is 44.4 Å². The van der Waals surface area contributed by atoms with E-state index in [1.165, 1.54) is 0 Å². The van der Waals surface area contributed by atoms with Crippen molar-refractivity contribution in [2.75, 3.05) is 5.33 Å². The van der Waals surface area contributed by atoms with E-state index in [-0.39, 0.29) is 30.7 Å². The van der Waals surface area contributed by atoms with Gasteiger partial charge in [0.1, 0.15) is 0 Å². The maximum Gasteiger partial charge on any atom is 0.391 e. The number of carbonyl (C=O) groups is 1. The van der Waals surface area contributed by atoms with E-state index in [9.17, 15) is 18.0 Å². The highest BCUT2D eigenvalue weighted by molar-refractivity contribution is 9.09. The lowest BCUT2D eigenvalue weighted by Crippen LogP contribution is -2.43. The highest BCUT2D eigenvalue weighted by Gasteiger charge is 2.42. The van der Waals surface area contributed by atoms with Gasteiger partial charge in [-0.25, -0.2) is 0 Å². The molecule has 0 aromatic carbocycles. The van der Waals surface area contributed by atoms with Gasteiger partial charge in [0.2, 0.25) is 5.91 Å². The first-order valence-electron chi connectivity index (χ1n) is 7.35. The summed E-state index contributed by atoms with van der Waals surface area (Å²) < 4.78 is 37.8. The summed E-state index contributed by atoms with van der Waals surface area (Å²) in [5, 5.41) is 3.93. The molecule has 2 aliphatic carbocycles. The minimum atomic E-state index is -4.10. The third-order valence-corrected chi connectivity index (χ3v) is 5.58. The zero-order chi connectivity index (χ0) is 14.8. The van der Waals surface area contributed by atoms with E-state index in [0.29, 0.717) is 18.8 Å². The Balaban J connectivity index is 1.80. The van der Waals surface area contributed by atoms with Crippen molar-refractivity contribution in [3.8, 4) is 0 Å². The normalized spacial score (nSPS) is 35.0. The van der Waals surface area contributed by atoms with E-state index >= 15 is 0 Å². The van der Waals surface area contributed by atoms with Crippen LogP contribution in [0.3, 0.4) is 0 Å². The van der Waals surface area contributed by atoms with Crippen molar-refractivity contribution in [3.05, 3.63) is 0 Å². The second-order valence-electron chi connectivity index (χ2n) is 6.05. The summed E-state index contributed by atoms with van der Waals surface area (Å²) in [6.45, 7) is 0. The van der Waals surface area contributed by atoms with Gasteiger partial charge >= 0.3 is 6.18 Å². The lowest BCUT2D eigenvalue weighted by atomic mass is 9.81. The summed E-state index contributed by atoms with van der Waals surface area (Å²) in [6, 6.07) is 0.196. The maximum atomic E-state index is 12.6. The average Bonchev–Trinajstić information content (AvgIpc) is 2.85. The Kier molecular flexibility index (Phi) is 5.37. The number of alkyl halides is 4. The Morgan fingerprint density at radius 2 is 1.75 bits per heavy atom. The first kappa shape index (κ1) is 16.1. The molecule has 2 fully saturated rings. The van der Waals surface area contributed by atoms with Crippen LogP contribution in [0.1, 0.15) is 44.9 Å². The first-order chi connectivity index (χ1) is 9.41. The second kappa shape index (κ2) is 6.67. The number of halogens is 4. The number of hydrogen-bond donors (Lipinski definition) is 1. The Morgan fingerprint density at radius 1 is 1.10 bits per heavy atom. The Labute approximate surface area is 126 Å². The molecule has 0 aliphatic heterocycles.